The zero-order valence-corrected chi connectivity index (χ0v) is 13.0. The predicted molar refractivity (Wildman–Crippen MR) is 72.9 cm³/mol. The van der Waals surface area contributed by atoms with Crippen LogP contribution in [0.15, 0.2) is 4.90 Å². The molecule has 0 spiro atoms. The number of aryl methyl sites for hydroxylation is 1. The first-order chi connectivity index (χ1) is 9.54. The van der Waals surface area contributed by atoms with Gasteiger partial charge in [0, 0.05) is 13.1 Å². The number of nitrogens with zero attached hydrogens (tertiary/aromatic N) is 1. The fraction of sp³-hybridized carbons (Fsp3) is 0.556. The van der Waals surface area contributed by atoms with Crippen molar-refractivity contribution in [1.29, 1.82) is 0 Å². The Kier molecular flexibility index (Phi) is 5.44. The van der Waals surface area contributed by atoms with Gasteiger partial charge in [0.05, 0.1) is 11.9 Å². The number of hydrogen-bond acceptors (Lipinski definition) is 6. The van der Waals surface area contributed by atoms with Crippen LogP contribution in [0.1, 0.15) is 22.6 Å². The number of H-pyrrole nitrogens is 1. The molecule has 0 aromatic carbocycles. The van der Waals surface area contributed by atoms with Gasteiger partial charge in [0.1, 0.15) is 4.90 Å². The highest BCUT2D eigenvalue weighted by Crippen LogP contribution is 2.17. The Labute approximate surface area is 122 Å². The van der Waals surface area contributed by atoms with Crippen LogP contribution < -0.4 is 9.44 Å². The second kappa shape index (κ2) is 6.51. The number of aromatic carboxylic acids is 1. The number of carboxylic acid groups (broad SMARTS) is 1. The van der Waals surface area contributed by atoms with E-state index in [0.29, 0.717) is 0 Å². The van der Waals surface area contributed by atoms with Crippen molar-refractivity contribution in [2.24, 2.45) is 0 Å². The lowest BCUT2D eigenvalue weighted by Crippen LogP contribution is -2.30. The van der Waals surface area contributed by atoms with Gasteiger partial charge in [0.2, 0.25) is 20.0 Å². The molecule has 1 heterocycles. The Morgan fingerprint density at radius 2 is 1.81 bits per heavy atom. The molecule has 4 N–H and O–H groups in total. The number of carboxylic acids is 1. The number of sulfonamides is 2. The molecular formula is C9H16N4O6S2. The lowest BCUT2D eigenvalue weighted by atomic mass is 10.4. The van der Waals surface area contributed by atoms with E-state index in [4.69, 9.17) is 5.11 Å². The molecule has 0 unspecified atom stereocenters. The summed E-state index contributed by atoms with van der Waals surface area (Å²) in [6.45, 7) is 1.41. The van der Waals surface area contributed by atoms with E-state index in [1.165, 1.54) is 6.92 Å². The van der Waals surface area contributed by atoms with Gasteiger partial charge in [-0.3, -0.25) is 5.10 Å². The monoisotopic (exact) mass is 340 g/mol. The topological polar surface area (TPSA) is 158 Å². The number of rotatable bonds is 8. The van der Waals surface area contributed by atoms with Crippen molar-refractivity contribution < 1.29 is 26.7 Å². The van der Waals surface area contributed by atoms with Gasteiger partial charge in [-0.05, 0) is 13.3 Å². The van der Waals surface area contributed by atoms with E-state index in [1.54, 1.807) is 0 Å². The van der Waals surface area contributed by atoms with Gasteiger partial charge < -0.3 is 5.11 Å². The zero-order valence-electron chi connectivity index (χ0n) is 11.4. The number of carbonyl (C=O) groups is 1. The summed E-state index contributed by atoms with van der Waals surface area (Å²) in [7, 11) is -7.37. The van der Waals surface area contributed by atoms with Crippen molar-refractivity contribution in [2.45, 2.75) is 18.2 Å². The number of hydrogen-bond donors (Lipinski definition) is 4. The average molecular weight is 340 g/mol. The van der Waals surface area contributed by atoms with Gasteiger partial charge in [0.25, 0.3) is 0 Å². The molecule has 0 atom stereocenters. The summed E-state index contributed by atoms with van der Waals surface area (Å²) in [6.07, 6.45) is 1.21. The molecule has 0 radical (unpaired) electrons. The van der Waals surface area contributed by atoms with E-state index < -0.39 is 36.6 Å². The second-order valence-electron chi connectivity index (χ2n) is 4.25. The van der Waals surface area contributed by atoms with Crippen LogP contribution in [-0.4, -0.2) is 57.5 Å². The summed E-state index contributed by atoms with van der Waals surface area (Å²) < 4.78 is 50.1. The van der Waals surface area contributed by atoms with Gasteiger partial charge in [0.15, 0.2) is 5.69 Å². The van der Waals surface area contributed by atoms with Crippen LogP contribution in [0, 0.1) is 6.92 Å². The van der Waals surface area contributed by atoms with Crippen molar-refractivity contribution in [3.63, 3.8) is 0 Å². The van der Waals surface area contributed by atoms with Crippen molar-refractivity contribution in [1.82, 2.24) is 19.6 Å². The Morgan fingerprint density at radius 1 is 1.24 bits per heavy atom. The van der Waals surface area contributed by atoms with E-state index in [1.807, 2.05) is 0 Å². The van der Waals surface area contributed by atoms with Crippen LogP contribution in [0.3, 0.4) is 0 Å². The van der Waals surface area contributed by atoms with E-state index in [-0.39, 0.29) is 25.2 Å². The summed E-state index contributed by atoms with van der Waals surface area (Å²) in [5.41, 5.74) is -0.483. The van der Waals surface area contributed by atoms with Gasteiger partial charge in [-0.25, -0.2) is 31.1 Å². The third kappa shape index (κ3) is 5.08. The Hall–Kier alpha value is -1.50. The van der Waals surface area contributed by atoms with Crippen LogP contribution in [0.4, 0.5) is 0 Å². The third-order valence-corrected chi connectivity index (χ3v) is 4.72. The van der Waals surface area contributed by atoms with E-state index in [0.717, 1.165) is 6.26 Å². The molecule has 0 aliphatic rings. The minimum absolute atomic E-state index is 0.0471. The maximum atomic E-state index is 12.0. The van der Waals surface area contributed by atoms with E-state index >= 15 is 0 Å². The molecule has 0 aliphatic carbocycles. The molecule has 0 fully saturated rings. The molecule has 0 aliphatic heterocycles. The highest BCUT2D eigenvalue weighted by molar-refractivity contribution is 7.89. The fourth-order valence-corrected chi connectivity index (χ4v) is 3.43. The SMILES string of the molecule is Cc1[nH]nc(C(=O)O)c1S(=O)(=O)NCCCNS(C)(=O)=O. The molecule has 12 heteroatoms. The molecule has 10 nitrogen and oxygen atoms in total. The smallest absolute Gasteiger partial charge is 0.357 e. The van der Waals surface area contributed by atoms with Crippen LogP contribution >= 0.6 is 0 Å². The Bertz CT molecular complexity index is 721. The normalized spacial score (nSPS) is 12.5. The minimum Gasteiger partial charge on any atom is -0.476 e. The third-order valence-electron chi connectivity index (χ3n) is 2.37. The molecule has 0 bridgehead atoms. The zero-order chi connectivity index (χ0) is 16.3. The van der Waals surface area contributed by atoms with Crippen molar-refractivity contribution in [3.8, 4) is 0 Å². The predicted octanol–water partition coefficient (Wildman–Crippen LogP) is -1.37. The summed E-state index contributed by atoms with van der Waals surface area (Å²) in [5, 5.41) is 14.6. The van der Waals surface area contributed by atoms with Crippen LogP contribution in [0.25, 0.3) is 0 Å². The summed E-state index contributed by atoms with van der Waals surface area (Å²) in [6, 6.07) is 0. The Morgan fingerprint density at radius 3 is 2.33 bits per heavy atom. The fourth-order valence-electron chi connectivity index (χ4n) is 1.52. The number of aromatic nitrogens is 2. The molecule has 0 saturated carbocycles. The lowest BCUT2D eigenvalue weighted by molar-refractivity contribution is 0.0686. The van der Waals surface area contributed by atoms with E-state index in [9.17, 15) is 21.6 Å². The Balaban J connectivity index is 2.71. The van der Waals surface area contributed by atoms with Gasteiger partial charge in [-0.2, -0.15) is 5.10 Å². The first kappa shape index (κ1) is 17.6. The molecule has 0 amide bonds. The molecule has 1 aromatic heterocycles. The van der Waals surface area contributed by atoms with Crippen LogP contribution in [0.5, 0.6) is 0 Å². The standard InChI is InChI=1S/C9H16N4O6S2/c1-6-8(7(9(14)15)13-12-6)21(18,19)11-5-3-4-10-20(2,16)17/h10-11H,3-5H2,1-2H3,(H,12,13)(H,14,15). The number of nitrogens with one attached hydrogen (secondary N) is 3. The summed E-state index contributed by atoms with van der Waals surface area (Å²) >= 11 is 0. The molecule has 120 valence electrons. The maximum Gasteiger partial charge on any atom is 0.357 e. The van der Waals surface area contributed by atoms with Crippen molar-refractivity contribution >= 4 is 26.0 Å². The average Bonchev–Trinajstić information content (AvgIpc) is 2.70. The maximum absolute atomic E-state index is 12.0. The number of aromatic amines is 1. The van der Waals surface area contributed by atoms with Gasteiger partial charge >= 0.3 is 5.97 Å². The van der Waals surface area contributed by atoms with Crippen LogP contribution in [-0.2, 0) is 20.0 Å². The highest BCUT2D eigenvalue weighted by atomic mass is 32.2. The molecule has 21 heavy (non-hydrogen) atoms. The molecule has 0 saturated heterocycles. The molecular weight excluding hydrogens is 324 g/mol. The lowest BCUT2D eigenvalue weighted by Gasteiger charge is -2.07. The quantitative estimate of drug-likeness (QED) is 0.425. The van der Waals surface area contributed by atoms with Crippen molar-refractivity contribution in [2.75, 3.05) is 19.3 Å². The summed E-state index contributed by atoms with van der Waals surface area (Å²) in [5.74, 6) is -1.46. The largest absolute Gasteiger partial charge is 0.476 e. The minimum atomic E-state index is -4.04. The van der Waals surface area contributed by atoms with Gasteiger partial charge in [-0.1, -0.05) is 0 Å². The molecule has 1 rings (SSSR count). The first-order valence-electron chi connectivity index (χ1n) is 5.77. The molecule has 1 aromatic rings. The highest BCUT2D eigenvalue weighted by Gasteiger charge is 2.27. The summed E-state index contributed by atoms with van der Waals surface area (Å²) in [4.78, 5) is 10.5. The van der Waals surface area contributed by atoms with Crippen molar-refractivity contribution in [3.05, 3.63) is 11.4 Å². The second-order valence-corrected chi connectivity index (χ2v) is 7.79. The first-order valence-corrected chi connectivity index (χ1v) is 9.14. The van der Waals surface area contributed by atoms with Gasteiger partial charge in [-0.15, -0.1) is 0 Å². The van der Waals surface area contributed by atoms with E-state index in [2.05, 4.69) is 19.6 Å². The van der Waals surface area contributed by atoms with Crippen LogP contribution in [0.2, 0.25) is 0 Å².